The Morgan fingerprint density at radius 1 is 1.55 bits per heavy atom. The molecule has 114 valence electrons. The number of hydrogen-bond acceptors (Lipinski definition) is 4. The van der Waals surface area contributed by atoms with E-state index in [2.05, 4.69) is 11.9 Å². The molecular weight excluding hydrogens is 301 g/mol. The van der Waals surface area contributed by atoms with Gasteiger partial charge in [0, 0.05) is 18.8 Å². The molecular formula is C13H21Cl2N3O2. The van der Waals surface area contributed by atoms with Crippen LogP contribution >= 0.6 is 24.8 Å². The lowest BCUT2D eigenvalue weighted by Crippen LogP contribution is -2.37. The molecule has 0 aromatic carbocycles. The van der Waals surface area contributed by atoms with Crippen molar-refractivity contribution in [2.75, 3.05) is 19.7 Å². The van der Waals surface area contributed by atoms with Crippen LogP contribution in [-0.4, -0.2) is 41.5 Å². The summed E-state index contributed by atoms with van der Waals surface area (Å²) in [5, 5.41) is 0. The van der Waals surface area contributed by atoms with Gasteiger partial charge in [-0.25, -0.2) is 0 Å². The lowest BCUT2D eigenvalue weighted by Gasteiger charge is -2.21. The largest absolute Gasteiger partial charge is 0.482 e. The minimum absolute atomic E-state index is 0. The molecule has 2 N–H and O–H groups in total. The lowest BCUT2D eigenvalue weighted by atomic mass is 10.1. The van der Waals surface area contributed by atoms with E-state index in [1.54, 1.807) is 24.5 Å². The van der Waals surface area contributed by atoms with Gasteiger partial charge in [0.15, 0.2) is 6.61 Å². The smallest absolute Gasteiger partial charge is 0.260 e. The van der Waals surface area contributed by atoms with Crippen LogP contribution in [0.25, 0.3) is 0 Å². The number of likely N-dealkylation sites (tertiary alicyclic amines) is 1. The molecule has 0 bridgehead atoms. The van der Waals surface area contributed by atoms with E-state index < -0.39 is 0 Å². The van der Waals surface area contributed by atoms with Crippen LogP contribution in [0.4, 0.5) is 0 Å². The molecule has 2 heterocycles. The fourth-order valence-corrected chi connectivity index (χ4v) is 2.32. The van der Waals surface area contributed by atoms with Crippen LogP contribution in [0.5, 0.6) is 5.75 Å². The lowest BCUT2D eigenvalue weighted by molar-refractivity contribution is -0.134. The molecule has 0 radical (unpaired) electrons. The number of nitrogens with two attached hydrogens (primary N) is 1. The van der Waals surface area contributed by atoms with Gasteiger partial charge in [-0.1, -0.05) is 0 Å². The van der Waals surface area contributed by atoms with E-state index in [0.717, 1.165) is 13.0 Å². The summed E-state index contributed by atoms with van der Waals surface area (Å²) in [5.74, 6) is 1.05. The fourth-order valence-electron chi connectivity index (χ4n) is 2.32. The second-order valence-corrected chi connectivity index (χ2v) is 4.71. The number of nitrogens with zero attached hydrogens (tertiary/aromatic N) is 2. The first-order valence-electron chi connectivity index (χ1n) is 6.23. The van der Waals surface area contributed by atoms with Crippen LogP contribution < -0.4 is 10.5 Å². The molecule has 0 saturated carbocycles. The third-order valence-corrected chi connectivity index (χ3v) is 3.31. The maximum atomic E-state index is 12.0. The van der Waals surface area contributed by atoms with Gasteiger partial charge in [0.1, 0.15) is 5.75 Å². The molecule has 1 aromatic rings. The number of hydrogen-bond donors (Lipinski definition) is 1. The highest BCUT2D eigenvalue weighted by molar-refractivity contribution is 5.85. The molecule has 2 unspecified atom stereocenters. The molecule has 1 aliphatic rings. The van der Waals surface area contributed by atoms with Crippen molar-refractivity contribution in [2.24, 2.45) is 11.7 Å². The van der Waals surface area contributed by atoms with Crippen LogP contribution in [0, 0.1) is 5.92 Å². The first-order chi connectivity index (χ1) is 8.70. The van der Waals surface area contributed by atoms with Gasteiger partial charge in [-0.3, -0.25) is 9.78 Å². The summed E-state index contributed by atoms with van der Waals surface area (Å²) in [7, 11) is 0. The molecule has 1 aromatic heterocycles. The third-order valence-electron chi connectivity index (χ3n) is 3.31. The number of halogens is 2. The van der Waals surface area contributed by atoms with Crippen molar-refractivity contribution in [3.63, 3.8) is 0 Å². The minimum Gasteiger partial charge on any atom is -0.482 e. The predicted octanol–water partition coefficient (Wildman–Crippen LogP) is 1.50. The quantitative estimate of drug-likeness (QED) is 0.912. The van der Waals surface area contributed by atoms with Gasteiger partial charge >= 0.3 is 0 Å². The van der Waals surface area contributed by atoms with E-state index in [-0.39, 0.29) is 43.4 Å². The van der Waals surface area contributed by atoms with E-state index >= 15 is 0 Å². The Bertz CT molecular complexity index is 406. The maximum Gasteiger partial charge on any atom is 0.260 e. The number of ether oxygens (including phenoxy) is 1. The predicted molar refractivity (Wildman–Crippen MR) is 82.6 cm³/mol. The van der Waals surface area contributed by atoms with Crippen LogP contribution in [0.15, 0.2) is 24.5 Å². The Kier molecular flexibility index (Phi) is 8.53. The van der Waals surface area contributed by atoms with Gasteiger partial charge in [-0.05, 0) is 37.9 Å². The van der Waals surface area contributed by atoms with Gasteiger partial charge in [-0.2, -0.15) is 0 Å². The van der Waals surface area contributed by atoms with Crippen LogP contribution in [0.1, 0.15) is 13.3 Å². The summed E-state index contributed by atoms with van der Waals surface area (Å²) in [6.45, 7) is 3.50. The topological polar surface area (TPSA) is 68.5 Å². The first kappa shape index (κ1) is 19.0. The molecule has 2 rings (SSSR count). The maximum absolute atomic E-state index is 12.0. The number of carbonyl (C=O) groups excluding carboxylic acids is 1. The third kappa shape index (κ3) is 4.81. The molecule has 5 nitrogen and oxygen atoms in total. The summed E-state index contributed by atoms with van der Waals surface area (Å²) in [4.78, 5) is 17.8. The van der Waals surface area contributed by atoms with Crippen molar-refractivity contribution in [3.8, 4) is 5.75 Å². The highest BCUT2D eigenvalue weighted by Gasteiger charge is 2.31. The van der Waals surface area contributed by atoms with Crippen molar-refractivity contribution in [1.82, 2.24) is 9.88 Å². The average Bonchev–Trinajstić information content (AvgIpc) is 2.78. The Morgan fingerprint density at radius 2 is 2.30 bits per heavy atom. The number of amides is 1. The minimum atomic E-state index is 0. The van der Waals surface area contributed by atoms with E-state index in [4.69, 9.17) is 10.5 Å². The zero-order valence-electron chi connectivity index (χ0n) is 11.4. The Morgan fingerprint density at radius 3 is 2.85 bits per heavy atom. The van der Waals surface area contributed by atoms with Crippen LogP contribution in [0.3, 0.4) is 0 Å². The molecule has 1 amide bonds. The van der Waals surface area contributed by atoms with E-state index in [0.29, 0.717) is 18.2 Å². The summed E-state index contributed by atoms with van der Waals surface area (Å²) in [5.41, 5.74) is 5.65. The van der Waals surface area contributed by atoms with Crippen molar-refractivity contribution in [1.29, 1.82) is 0 Å². The van der Waals surface area contributed by atoms with E-state index in [1.807, 2.05) is 4.90 Å². The Labute approximate surface area is 131 Å². The van der Waals surface area contributed by atoms with Crippen LogP contribution in [-0.2, 0) is 4.79 Å². The average molecular weight is 322 g/mol. The summed E-state index contributed by atoms with van der Waals surface area (Å²) >= 11 is 0. The van der Waals surface area contributed by atoms with E-state index in [1.165, 1.54) is 0 Å². The molecule has 2 atom stereocenters. The summed E-state index contributed by atoms with van der Waals surface area (Å²) in [6.07, 6.45) is 4.25. The number of rotatable bonds is 4. The molecule has 1 saturated heterocycles. The van der Waals surface area contributed by atoms with E-state index in [9.17, 15) is 4.79 Å². The molecule has 1 fully saturated rings. The van der Waals surface area contributed by atoms with Gasteiger partial charge < -0.3 is 15.4 Å². The zero-order chi connectivity index (χ0) is 13.0. The number of carbonyl (C=O) groups is 1. The highest BCUT2D eigenvalue weighted by Crippen LogP contribution is 2.22. The van der Waals surface area contributed by atoms with Crippen LogP contribution in [0.2, 0.25) is 0 Å². The molecule has 0 spiro atoms. The Balaban J connectivity index is 0.00000180. The van der Waals surface area contributed by atoms with Gasteiger partial charge in [-0.15, -0.1) is 24.8 Å². The molecule has 1 aliphatic heterocycles. The van der Waals surface area contributed by atoms with Crippen molar-refractivity contribution in [3.05, 3.63) is 24.5 Å². The van der Waals surface area contributed by atoms with Gasteiger partial charge in [0.05, 0.1) is 6.20 Å². The highest BCUT2D eigenvalue weighted by atomic mass is 35.5. The monoisotopic (exact) mass is 321 g/mol. The molecule has 0 aliphatic carbocycles. The Hall–Kier alpha value is -1.04. The SMILES string of the molecule is CC1CC(CN)CN1C(=O)COc1cccnc1.Cl.Cl. The summed E-state index contributed by atoms with van der Waals surface area (Å²) < 4.78 is 5.41. The van der Waals surface area contributed by atoms with Gasteiger partial charge in [0.25, 0.3) is 5.91 Å². The zero-order valence-corrected chi connectivity index (χ0v) is 13.0. The molecule has 7 heteroatoms. The number of pyridine rings is 1. The van der Waals surface area contributed by atoms with Crippen molar-refractivity contribution in [2.45, 2.75) is 19.4 Å². The van der Waals surface area contributed by atoms with Gasteiger partial charge in [0.2, 0.25) is 0 Å². The fraction of sp³-hybridized carbons (Fsp3) is 0.538. The molecule has 20 heavy (non-hydrogen) atoms. The van der Waals surface area contributed by atoms with Crippen molar-refractivity contribution >= 4 is 30.7 Å². The van der Waals surface area contributed by atoms with Crippen molar-refractivity contribution < 1.29 is 9.53 Å². The standard InChI is InChI=1S/C13H19N3O2.2ClH/c1-10-5-11(6-14)8-16(10)13(17)9-18-12-3-2-4-15-7-12;;/h2-4,7,10-11H,5-6,8-9,14H2,1H3;2*1H. The first-order valence-corrected chi connectivity index (χ1v) is 6.23. The normalized spacial score (nSPS) is 20.8. The second-order valence-electron chi connectivity index (χ2n) is 4.71. The second kappa shape index (κ2) is 9.00. The number of aromatic nitrogens is 1. The summed E-state index contributed by atoms with van der Waals surface area (Å²) in [6, 6.07) is 3.82.